The number of halogens is 3. The Morgan fingerprint density at radius 2 is 1.60 bits per heavy atom. The Hall–Kier alpha value is -2.74. The van der Waals surface area contributed by atoms with Crippen LogP contribution in [0.25, 0.3) is 0 Å². The molecule has 1 aliphatic rings. The Morgan fingerprint density at radius 1 is 1.00 bits per heavy atom. The predicted molar refractivity (Wildman–Crippen MR) is 114 cm³/mol. The van der Waals surface area contributed by atoms with Gasteiger partial charge >= 0.3 is 12.2 Å². The van der Waals surface area contributed by atoms with Gasteiger partial charge in [-0.1, -0.05) is 18.2 Å². The number of alkyl halides is 3. The molecule has 1 aliphatic heterocycles. The smallest absolute Gasteiger partial charge is 0.371 e. The normalized spacial score (nSPS) is 15.2. The summed E-state index contributed by atoms with van der Waals surface area (Å²) in [5, 5.41) is 3.18. The molecule has 0 spiro atoms. The highest BCUT2D eigenvalue weighted by Crippen LogP contribution is 2.39. The van der Waals surface area contributed by atoms with Gasteiger partial charge in [-0.15, -0.1) is 0 Å². The van der Waals surface area contributed by atoms with Crippen LogP contribution in [0.5, 0.6) is 0 Å². The van der Waals surface area contributed by atoms with Gasteiger partial charge in [0.25, 0.3) is 0 Å². The van der Waals surface area contributed by atoms with Crippen LogP contribution in [-0.4, -0.2) is 46.3 Å². The molecule has 30 heavy (non-hydrogen) atoms. The van der Waals surface area contributed by atoms with Crippen molar-refractivity contribution in [3.8, 4) is 0 Å². The standard InChI is InChI=1S/C22H27F3N4O/c1-26-16-11-13-29(14-12-16)20-10-9-18(15-19(20)22(23,24)25)28(3)21(30)27(2)17-7-5-4-6-8-17/h4-10,15-16,26H,11-14H2,1-3H3. The lowest BCUT2D eigenvalue weighted by atomic mass is 10.0. The number of para-hydroxylation sites is 1. The number of nitrogens with one attached hydrogen (secondary N) is 1. The number of carbonyl (C=O) groups is 1. The van der Waals surface area contributed by atoms with Crippen LogP contribution < -0.4 is 20.0 Å². The summed E-state index contributed by atoms with van der Waals surface area (Å²) in [7, 11) is 4.95. The summed E-state index contributed by atoms with van der Waals surface area (Å²) in [5.74, 6) is 0. The second kappa shape index (κ2) is 8.95. The van der Waals surface area contributed by atoms with Gasteiger partial charge in [-0.25, -0.2) is 4.79 Å². The fraction of sp³-hybridized carbons (Fsp3) is 0.409. The molecule has 0 radical (unpaired) electrons. The SMILES string of the molecule is CNC1CCN(c2ccc(N(C)C(=O)N(C)c3ccccc3)cc2C(F)(F)F)CC1. The molecule has 2 amide bonds. The maximum atomic E-state index is 13.9. The zero-order chi connectivity index (χ0) is 21.9. The van der Waals surface area contributed by atoms with Gasteiger partial charge in [0.05, 0.1) is 5.56 Å². The van der Waals surface area contributed by atoms with Crippen LogP contribution in [0.2, 0.25) is 0 Å². The molecule has 5 nitrogen and oxygen atoms in total. The monoisotopic (exact) mass is 420 g/mol. The van der Waals surface area contributed by atoms with Gasteiger partial charge < -0.3 is 10.2 Å². The van der Waals surface area contributed by atoms with Crippen LogP contribution in [-0.2, 0) is 6.18 Å². The van der Waals surface area contributed by atoms with E-state index in [1.165, 1.54) is 22.9 Å². The molecule has 0 aliphatic carbocycles. The Balaban J connectivity index is 1.86. The fourth-order valence-corrected chi connectivity index (χ4v) is 3.74. The van der Waals surface area contributed by atoms with Gasteiger partial charge in [-0.2, -0.15) is 13.2 Å². The van der Waals surface area contributed by atoms with Crippen LogP contribution in [0.1, 0.15) is 18.4 Å². The lowest BCUT2D eigenvalue weighted by Crippen LogP contribution is -2.42. The first-order valence-electron chi connectivity index (χ1n) is 9.92. The molecule has 0 bridgehead atoms. The van der Waals surface area contributed by atoms with Crippen molar-refractivity contribution in [2.75, 3.05) is 48.9 Å². The second-order valence-electron chi connectivity index (χ2n) is 7.49. The summed E-state index contributed by atoms with van der Waals surface area (Å²) in [6.07, 6.45) is -2.94. The van der Waals surface area contributed by atoms with Crippen molar-refractivity contribution in [2.24, 2.45) is 0 Å². The quantitative estimate of drug-likeness (QED) is 0.787. The van der Waals surface area contributed by atoms with Gasteiger partial charge in [0.15, 0.2) is 0 Å². The molecule has 3 rings (SSSR count). The maximum Gasteiger partial charge on any atom is 0.418 e. The number of anilines is 3. The molecular formula is C22H27F3N4O. The highest BCUT2D eigenvalue weighted by atomic mass is 19.4. The average Bonchev–Trinajstić information content (AvgIpc) is 2.77. The highest BCUT2D eigenvalue weighted by Gasteiger charge is 2.36. The first-order valence-corrected chi connectivity index (χ1v) is 9.92. The third kappa shape index (κ3) is 4.70. The zero-order valence-electron chi connectivity index (χ0n) is 17.4. The highest BCUT2D eigenvalue weighted by molar-refractivity contribution is 6.03. The van der Waals surface area contributed by atoms with Crippen molar-refractivity contribution < 1.29 is 18.0 Å². The number of rotatable bonds is 4. The second-order valence-corrected chi connectivity index (χ2v) is 7.49. The number of hydrogen-bond acceptors (Lipinski definition) is 3. The van der Waals surface area contributed by atoms with Crippen molar-refractivity contribution in [3.05, 3.63) is 54.1 Å². The third-order valence-electron chi connectivity index (χ3n) is 5.63. The summed E-state index contributed by atoms with van der Waals surface area (Å²) in [5.41, 5.74) is 0.307. The van der Waals surface area contributed by atoms with Crippen molar-refractivity contribution in [1.29, 1.82) is 0 Å². The molecule has 1 N–H and O–H groups in total. The predicted octanol–water partition coefficient (Wildman–Crippen LogP) is 4.59. The number of amides is 2. The van der Waals surface area contributed by atoms with Crippen molar-refractivity contribution in [3.63, 3.8) is 0 Å². The van der Waals surface area contributed by atoms with Gasteiger partial charge in [0.2, 0.25) is 0 Å². The molecule has 0 unspecified atom stereocenters. The van der Waals surface area contributed by atoms with E-state index < -0.39 is 17.8 Å². The van der Waals surface area contributed by atoms with E-state index in [9.17, 15) is 18.0 Å². The summed E-state index contributed by atoms with van der Waals surface area (Å²) >= 11 is 0. The van der Waals surface area contributed by atoms with E-state index in [2.05, 4.69) is 5.32 Å². The number of carbonyl (C=O) groups excluding carboxylic acids is 1. The number of nitrogens with zero attached hydrogens (tertiary/aromatic N) is 3. The van der Waals surface area contributed by atoms with Crippen LogP contribution in [0, 0.1) is 0 Å². The minimum absolute atomic E-state index is 0.165. The molecule has 1 fully saturated rings. The molecule has 162 valence electrons. The van der Waals surface area contributed by atoms with Gasteiger partial charge in [-0.3, -0.25) is 9.80 Å². The first-order chi connectivity index (χ1) is 14.2. The largest absolute Gasteiger partial charge is 0.418 e. The molecule has 0 aromatic heterocycles. The number of hydrogen-bond donors (Lipinski definition) is 1. The minimum atomic E-state index is -4.51. The summed E-state index contributed by atoms with van der Waals surface area (Å²) in [6, 6.07) is 13.0. The van der Waals surface area contributed by atoms with Crippen molar-refractivity contribution in [1.82, 2.24) is 5.32 Å². The molecular weight excluding hydrogens is 393 g/mol. The average molecular weight is 420 g/mol. The van der Waals surface area contributed by atoms with E-state index in [4.69, 9.17) is 0 Å². The Morgan fingerprint density at radius 3 is 2.17 bits per heavy atom. The molecule has 2 aromatic carbocycles. The number of benzene rings is 2. The summed E-state index contributed by atoms with van der Waals surface area (Å²) in [4.78, 5) is 17.2. The Kier molecular flexibility index (Phi) is 6.55. The van der Waals surface area contributed by atoms with E-state index in [1.807, 2.05) is 13.1 Å². The van der Waals surface area contributed by atoms with Crippen LogP contribution in [0.4, 0.5) is 35.0 Å². The van der Waals surface area contributed by atoms with Crippen molar-refractivity contribution >= 4 is 23.1 Å². The zero-order valence-corrected chi connectivity index (χ0v) is 17.4. The minimum Gasteiger partial charge on any atom is -0.371 e. The number of piperidine rings is 1. The van der Waals surface area contributed by atoms with Gasteiger partial charge in [-0.05, 0) is 50.2 Å². The third-order valence-corrected chi connectivity index (χ3v) is 5.63. The topological polar surface area (TPSA) is 38.8 Å². The molecule has 2 aromatic rings. The molecule has 0 saturated carbocycles. The Bertz CT molecular complexity index is 864. The van der Waals surface area contributed by atoms with E-state index >= 15 is 0 Å². The van der Waals surface area contributed by atoms with Crippen LogP contribution in [0.3, 0.4) is 0 Å². The first kappa shape index (κ1) is 22.0. The lowest BCUT2D eigenvalue weighted by molar-refractivity contribution is -0.137. The number of urea groups is 1. The molecule has 0 atom stereocenters. The molecule has 1 saturated heterocycles. The van der Waals surface area contributed by atoms with Gasteiger partial charge in [0.1, 0.15) is 0 Å². The van der Waals surface area contributed by atoms with Gasteiger partial charge in [0, 0.05) is 50.3 Å². The van der Waals surface area contributed by atoms with Crippen LogP contribution >= 0.6 is 0 Å². The van der Waals surface area contributed by atoms with E-state index in [-0.39, 0.29) is 11.4 Å². The lowest BCUT2D eigenvalue weighted by Gasteiger charge is -2.35. The maximum absolute atomic E-state index is 13.9. The fourth-order valence-electron chi connectivity index (χ4n) is 3.74. The Labute approximate surface area is 175 Å². The summed E-state index contributed by atoms with van der Waals surface area (Å²) in [6.45, 7) is 1.11. The summed E-state index contributed by atoms with van der Waals surface area (Å²) < 4.78 is 41.6. The van der Waals surface area contributed by atoms with E-state index in [0.29, 0.717) is 24.8 Å². The van der Waals surface area contributed by atoms with E-state index in [0.717, 1.165) is 18.9 Å². The van der Waals surface area contributed by atoms with E-state index in [1.54, 1.807) is 42.3 Å². The van der Waals surface area contributed by atoms with Crippen molar-refractivity contribution in [2.45, 2.75) is 25.1 Å². The van der Waals surface area contributed by atoms with Crippen LogP contribution in [0.15, 0.2) is 48.5 Å². The molecule has 8 heteroatoms. The molecule has 1 heterocycles.